The molecule has 1 heterocycles. The average Bonchev–Trinajstić information content (AvgIpc) is 3.42. The highest BCUT2D eigenvalue weighted by atomic mass is 32.2. The summed E-state index contributed by atoms with van der Waals surface area (Å²) in [6, 6.07) is 11.1. The summed E-state index contributed by atoms with van der Waals surface area (Å²) >= 11 is 0. The van der Waals surface area contributed by atoms with Crippen molar-refractivity contribution in [2.45, 2.75) is 77.2 Å². The van der Waals surface area contributed by atoms with Crippen molar-refractivity contribution < 1.29 is 23.3 Å². The lowest BCUT2D eigenvalue weighted by molar-refractivity contribution is -0.127. The lowest BCUT2D eigenvalue weighted by Gasteiger charge is -2.30. The topological polar surface area (TPSA) is 109 Å². The second-order valence-corrected chi connectivity index (χ2v) is 14.1. The number of morpholine rings is 1. The number of amides is 2. The summed E-state index contributed by atoms with van der Waals surface area (Å²) in [5.74, 6) is -0.211. The Morgan fingerprint density at radius 3 is 2.36 bits per heavy atom. The minimum Gasteiger partial charge on any atom is -0.489 e. The van der Waals surface area contributed by atoms with Crippen molar-refractivity contribution in [3.63, 3.8) is 0 Å². The van der Waals surface area contributed by atoms with Crippen LogP contribution in [0.5, 0.6) is 0 Å². The minimum atomic E-state index is -1.12. The molecule has 1 aliphatic heterocycles. The van der Waals surface area contributed by atoms with Crippen molar-refractivity contribution in [1.29, 1.82) is 0 Å². The first-order valence-corrected chi connectivity index (χ1v) is 20.0. The number of hydrogen-bond acceptors (Lipinski definition) is 8. The molecule has 1 unspecified atom stereocenters. The quantitative estimate of drug-likeness (QED) is 0.0916. The molecule has 288 valence electrons. The van der Waals surface area contributed by atoms with Crippen molar-refractivity contribution in [2.75, 3.05) is 69.5 Å². The van der Waals surface area contributed by atoms with E-state index in [1.165, 1.54) is 6.42 Å². The lowest BCUT2D eigenvalue weighted by Crippen LogP contribution is -2.38. The maximum atomic E-state index is 13.1. The Morgan fingerprint density at radius 2 is 1.70 bits per heavy atom. The van der Waals surface area contributed by atoms with Crippen LogP contribution < -0.4 is 9.80 Å². The molecule has 0 aromatic heterocycles. The maximum Gasteiger partial charge on any atom is 0.316 e. The number of carbonyl (C=O) groups excluding carboxylic acids is 2. The number of carbonyl (C=O) groups is 2. The van der Waals surface area contributed by atoms with Gasteiger partial charge in [0.1, 0.15) is 12.4 Å². The van der Waals surface area contributed by atoms with Gasteiger partial charge >= 0.3 is 5.91 Å². The highest BCUT2D eigenvalue weighted by molar-refractivity contribution is 7.84. The molecule has 1 fully saturated rings. The second-order valence-electron chi connectivity index (χ2n) is 12.7. The maximum absolute atomic E-state index is 13.1. The molecule has 2 aromatic rings. The molecule has 2 aliphatic rings. The van der Waals surface area contributed by atoms with Crippen molar-refractivity contribution >= 4 is 34.0 Å². The molecule has 10 nitrogen and oxygen atoms in total. The third-order valence-electron chi connectivity index (χ3n) is 8.80. The first-order valence-electron chi connectivity index (χ1n) is 18.5. The summed E-state index contributed by atoms with van der Waals surface area (Å²) in [7, 11) is 2.34. The fourth-order valence-electron chi connectivity index (χ4n) is 5.94. The zero-order valence-corrected chi connectivity index (χ0v) is 33.3. The Hall–Kier alpha value is -4.53. The van der Waals surface area contributed by atoms with Crippen LogP contribution in [0.25, 0.3) is 0 Å². The van der Waals surface area contributed by atoms with Gasteiger partial charge in [-0.15, -0.1) is 17.8 Å². The van der Waals surface area contributed by atoms with Crippen LogP contribution in [0.4, 0.5) is 11.4 Å². The third kappa shape index (κ3) is 14.4. The summed E-state index contributed by atoms with van der Waals surface area (Å²) in [6.45, 7) is 9.94. The van der Waals surface area contributed by atoms with E-state index in [1.54, 1.807) is 37.4 Å². The molecule has 2 aromatic carbocycles. The fourth-order valence-corrected chi connectivity index (χ4v) is 6.51. The van der Waals surface area contributed by atoms with Crippen LogP contribution >= 0.6 is 0 Å². The van der Waals surface area contributed by atoms with Crippen LogP contribution in [-0.2, 0) is 38.1 Å². The predicted molar refractivity (Wildman–Crippen MR) is 218 cm³/mol. The van der Waals surface area contributed by atoms with E-state index in [2.05, 4.69) is 29.8 Å². The number of nitroso groups, excluding NO2 is 1. The third-order valence-corrected chi connectivity index (χ3v) is 9.72. The van der Waals surface area contributed by atoms with Crippen LogP contribution in [0.1, 0.15) is 80.8 Å². The molecule has 1 atom stereocenters. The van der Waals surface area contributed by atoms with Crippen LogP contribution in [-0.4, -0.2) is 80.7 Å². The number of anilines is 2. The van der Waals surface area contributed by atoms with E-state index in [1.807, 2.05) is 67.3 Å². The predicted octanol–water partition coefficient (Wildman–Crippen LogP) is 7.84. The van der Waals surface area contributed by atoms with Gasteiger partial charge in [-0.2, -0.15) is 0 Å². The normalized spacial score (nSPS) is 14.2. The zero-order valence-electron chi connectivity index (χ0n) is 32.5. The summed E-state index contributed by atoms with van der Waals surface area (Å²) < 4.78 is 24.2. The minimum absolute atomic E-state index is 0.0743. The number of unbranched alkanes of at least 4 members (excludes halogenated alkanes) is 4. The van der Waals surface area contributed by atoms with Gasteiger partial charge in [0.15, 0.2) is 0 Å². The molecule has 11 heteroatoms. The molecule has 0 bridgehead atoms. The molecule has 53 heavy (non-hydrogen) atoms. The summed E-state index contributed by atoms with van der Waals surface area (Å²) in [5, 5.41) is 2.65. The fraction of sp³-hybridized carbons (Fsp3) is 0.476. The van der Waals surface area contributed by atoms with Crippen LogP contribution in [0.3, 0.4) is 0 Å². The van der Waals surface area contributed by atoms with Gasteiger partial charge in [-0.3, -0.25) is 13.8 Å². The van der Waals surface area contributed by atoms with Gasteiger partial charge in [0.25, 0.3) is 0 Å². The van der Waals surface area contributed by atoms with Gasteiger partial charge in [0.2, 0.25) is 5.91 Å². The standard InChI is InChI=1S/C38H50N4O6S.C2H6.C2H2/c1-5-6-7-8-9-12-30-15-16-31(38(44)39-45)25-36(30)42(27-37(43)40(2)3)26-29-11-10-13-33(17-14-29)48-28-32-24-34(49(4)46)18-19-35(32)41-20-22-47-23-21-41;2*1-2/h10,13-19,24-25H,5-9,11-12,20-23,26-28H2,1-4H3;1-2H3;1-2H. The van der Waals surface area contributed by atoms with E-state index in [4.69, 9.17) is 9.47 Å². The molecule has 1 saturated heterocycles. The SMILES string of the molecule is C#C.CC.CCCCCCCc1ccc(C(=O)N=O)cc1N(CC(=O)N(C)C)CC1=CC=C(OCc2cc(S(C)=O)ccc2N2CCOCC2)C=CC1. The Labute approximate surface area is 319 Å². The van der Waals surface area contributed by atoms with Crippen LogP contribution in [0, 0.1) is 17.8 Å². The molecule has 0 spiro atoms. The smallest absolute Gasteiger partial charge is 0.316 e. The highest BCUT2D eigenvalue weighted by Crippen LogP contribution is 2.29. The van der Waals surface area contributed by atoms with E-state index in [9.17, 15) is 18.7 Å². The number of allylic oxidation sites excluding steroid dienone is 4. The number of terminal acetylenes is 1. The van der Waals surface area contributed by atoms with Gasteiger partial charge in [-0.1, -0.05) is 64.7 Å². The molecule has 0 radical (unpaired) electrons. The molecule has 1 aliphatic carbocycles. The largest absolute Gasteiger partial charge is 0.489 e. The Balaban J connectivity index is 0.00000235. The summed E-state index contributed by atoms with van der Waals surface area (Å²) in [4.78, 5) is 43.1. The van der Waals surface area contributed by atoms with Gasteiger partial charge in [-0.05, 0) is 72.9 Å². The molecule has 0 N–H and O–H groups in total. The molecule has 0 saturated carbocycles. The van der Waals surface area contributed by atoms with E-state index >= 15 is 0 Å². The van der Waals surface area contributed by atoms with E-state index in [-0.39, 0.29) is 18.0 Å². The van der Waals surface area contributed by atoms with Crippen LogP contribution in [0.15, 0.2) is 82.1 Å². The van der Waals surface area contributed by atoms with Gasteiger partial charge < -0.3 is 24.2 Å². The first-order chi connectivity index (χ1) is 25.7. The van der Waals surface area contributed by atoms with Crippen molar-refractivity contribution in [3.8, 4) is 12.8 Å². The van der Waals surface area contributed by atoms with E-state index in [0.717, 1.165) is 78.2 Å². The van der Waals surface area contributed by atoms with Crippen molar-refractivity contribution in [2.24, 2.45) is 5.18 Å². The molecular weight excluding hydrogens is 689 g/mol. The summed E-state index contributed by atoms with van der Waals surface area (Å²) in [6.07, 6.45) is 24.7. The van der Waals surface area contributed by atoms with Gasteiger partial charge in [0.05, 0.1) is 19.8 Å². The summed E-state index contributed by atoms with van der Waals surface area (Å²) in [5.41, 5.74) is 5.07. The molecule has 2 amide bonds. The van der Waals surface area contributed by atoms with Crippen molar-refractivity contribution in [1.82, 2.24) is 4.90 Å². The number of aryl methyl sites for hydroxylation is 1. The van der Waals surface area contributed by atoms with Gasteiger partial charge in [-0.25, -0.2) is 0 Å². The number of benzene rings is 2. The monoisotopic (exact) mass is 746 g/mol. The Bertz CT molecular complexity index is 1620. The van der Waals surface area contributed by atoms with Gasteiger partial charge in [0, 0.05) is 83.4 Å². The van der Waals surface area contributed by atoms with Crippen LogP contribution in [0.2, 0.25) is 0 Å². The Morgan fingerprint density at radius 1 is 0.981 bits per heavy atom. The number of ether oxygens (including phenoxy) is 2. The van der Waals surface area contributed by atoms with E-state index in [0.29, 0.717) is 38.5 Å². The highest BCUT2D eigenvalue weighted by Gasteiger charge is 2.21. The zero-order chi connectivity index (χ0) is 39.2. The number of hydrogen-bond donors (Lipinski definition) is 0. The van der Waals surface area contributed by atoms with Crippen molar-refractivity contribution in [3.05, 3.63) is 93.6 Å². The number of likely N-dealkylation sites (N-methyl/N-ethyl adjacent to an activating group) is 1. The number of rotatable bonds is 17. The average molecular weight is 747 g/mol. The lowest BCUT2D eigenvalue weighted by atomic mass is 10.00. The molecular formula is C42H58N4O6S. The van der Waals surface area contributed by atoms with E-state index < -0.39 is 16.7 Å². The first kappa shape index (κ1) is 44.6. The Kier molecular flexibility index (Phi) is 20.8. The second kappa shape index (κ2) is 24.7. The number of nitrogens with zero attached hydrogens (tertiary/aromatic N) is 4. The molecule has 4 rings (SSSR count).